The molecular formula is C16H26N4O2. The van der Waals surface area contributed by atoms with Gasteiger partial charge in [0.1, 0.15) is 6.04 Å². The van der Waals surface area contributed by atoms with Gasteiger partial charge in [-0.2, -0.15) is 5.10 Å². The van der Waals surface area contributed by atoms with Crippen molar-refractivity contribution in [1.82, 2.24) is 20.0 Å². The van der Waals surface area contributed by atoms with Crippen LogP contribution in [-0.4, -0.2) is 39.1 Å². The zero-order valence-corrected chi connectivity index (χ0v) is 13.9. The van der Waals surface area contributed by atoms with E-state index in [0.29, 0.717) is 25.4 Å². The highest BCUT2D eigenvalue weighted by Crippen LogP contribution is 2.18. The largest absolute Gasteiger partial charge is 0.348 e. The molecule has 0 radical (unpaired) electrons. The molecule has 1 aromatic heterocycles. The van der Waals surface area contributed by atoms with Crippen LogP contribution in [0.1, 0.15) is 64.6 Å². The quantitative estimate of drug-likeness (QED) is 0.874. The molecule has 0 aliphatic carbocycles. The van der Waals surface area contributed by atoms with E-state index in [1.165, 1.54) is 0 Å². The summed E-state index contributed by atoms with van der Waals surface area (Å²) in [5, 5.41) is 7.31. The van der Waals surface area contributed by atoms with Crippen molar-refractivity contribution < 1.29 is 9.59 Å². The first-order chi connectivity index (χ1) is 10.4. The van der Waals surface area contributed by atoms with Crippen LogP contribution in [0.4, 0.5) is 0 Å². The summed E-state index contributed by atoms with van der Waals surface area (Å²) in [6, 6.07) is -0.188. The Balaban J connectivity index is 2.01. The Morgan fingerprint density at radius 2 is 2.14 bits per heavy atom. The SMILES string of the molecule is CCC(C(=O)NC(C)c1cnn(C(C)C)c1)N1CCCC1=O. The standard InChI is InChI=1S/C16H26N4O2/c1-5-14(19-8-6-7-15(19)21)16(22)18-12(4)13-9-17-20(10-13)11(2)3/h9-12,14H,5-8H2,1-4H3,(H,18,22). The summed E-state index contributed by atoms with van der Waals surface area (Å²) < 4.78 is 1.87. The average Bonchev–Trinajstić information content (AvgIpc) is 3.09. The molecule has 2 rings (SSSR count). The van der Waals surface area contributed by atoms with Crippen molar-refractivity contribution in [2.75, 3.05) is 6.54 Å². The Morgan fingerprint density at radius 3 is 2.64 bits per heavy atom. The van der Waals surface area contributed by atoms with Gasteiger partial charge in [0.25, 0.3) is 0 Å². The Hall–Kier alpha value is -1.85. The fourth-order valence-corrected chi connectivity index (χ4v) is 2.80. The van der Waals surface area contributed by atoms with Crippen LogP contribution < -0.4 is 5.32 Å². The summed E-state index contributed by atoms with van der Waals surface area (Å²) in [5.74, 6) is 0.00447. The number of hydrogen-bond donors (Lipinski definition) is 1. The van der Waals surface area contributed by atoms with Crippen molar-refractivity contribution in [2.24, 2.45) is 0 Å². The van der Waals surface area contributed by atoms with Gasteiger partial charge in [0.2, 0.25) is 11.8 Å². The lowest BCUT2D eigenvalue weighted by Crippen LogP contribution is -2.47. The molecule has 2 unspecified atom stereocenters. The van der Waals surface area contributed by atoms with Gasteiger partial charge < -0.3 is 10.2 Å². The van der Waals surface area contributed by atoms with Gasteiger partial charge >= 0.3 is 0 Å². The van der Waals surface area contributed by atoms with Gasteiger partial charge in [-0.1, -0.05) is 6.92 Å². The number of nitrogens with one attached hydrogen (secondary N) is 1. The number of hydrogen-bond acceptors (Lipinski definition) is 3. The molecule has 0 spiro atoms. The molecule has 2 atom stereocenters. The summed E-state index contributed by atoms with van der Waals surface area (Å²) in [4.78, 5) is 26.1. The molecule has 0 aromatic carbocycles. The fourth-order valence-electron chi connectivity index (χ4n) is 2.80. The first kappa shape index (κ1) is 16.5. The lowest BCUT2D eigenvalue weighted by Gasteiger charge is -2.27. The van der Waals surface area contributed by atoms with Gasteiger partial charge in [0.15, 0.2) is 0 Å². The molecule has 2 heterocycles. The summed E-state index contributed by atoms with van der Waals surface area (Å²) in [6.07, 6.45) is 5.78. The predicted octanol–water partition coefficient (Wildman–Crippen LogP) is 2.04. The van der Waals surface area contributed by atoms with E-state index in [4.69, 9.17) is 0 Å². The second-order valence-corrected chi connectivity index (χ2v) is 6.19. The van der Waals surface area contributed by atoms with Crippen molar-refractivity contribution in [3.8, 4) is 0 Å². The van der Waals surface area contributed by atoms with Crippen LogP contribution in [0.15, 0.2) is 12.4 Å². The Labute approximate surface area is 131 Å². The third-order valence-corrected chi connectivity index (χ3v) is 4.18. The maximum atomic E-state index is 12.5. The Kier molecular flexibility index (Phi) is 5.21. The molecule has 6 nitrogen and oxygen atoms in total. The van der Waals surface area contributed by atoms with Crippen LogP contribution in [0, 0.1) is 0 Å². The van der Waals surface area contributed by atoms with Crippen molar-refractivity contribution >= 4 is 11.8 Å². The zero-order chi connectivity index (χ0) is 16.3. The van der Waals surface area contributed by atoms with Crippen LogP contribution in [-0.2, 0) is 9.59 Å². The minimum absolute atomic E-state index is 0.0810. The molecule has 1 aliphatic rings. The number of rotatable bonds is 6. The summed E-state index contributed by atoms with van der Waals surface area (Å²) in [6.45, 7) is 8.69. The maximum absolute atomic E-state index is 12.5. The van der Waals surface area contributed by atoms with Crippen molar-refractivity contribution in [3.05, 3.63) is 18.0 Å². The van der Waals surface area contributed by atoms with E-state index in [1.807, 2.05) is 24.7 Å². The van der Waals surface area contributed by atoms with Crippen molar-refractivity contribution in [3.63, 3.8) is 0 Å². The van der Waals surface area contributed by atoms with E-state index >= 15 is 0 Å². The number of carbonyl (C=O) groups is 2. The summed E-state index contributed by atoms with van der Waals surface area (Å²) >= 11 is 0. The minimum atomic E-state index is -0.363. The average molecular weight is 306 g/mol. The van der Waals surface area contributed by atoms with Gasteiger partial charge in [-0.15, -0.1) is 0 Å². The van der Waals surface area contributed by atoms with Gasteiger partial charge in [0, 0.05) is 30.8 Å². The molecule has 1 aromatic rings. The summed E-state index contributed by atoms with van der Waals surface area (Å²) in [5.41, 5.74) is 0.977. The molecule has 1 fully saturated rings. The van der Waals surface area contributed by atoms with Crippen LogP contribution in [0.5, 0.6) is 0 Å². The monoisotopic (exact) mass is 306 g/mol. The highest BCUT2D eigenvalue weighted by molar-refractivity contribution is 5.88. The van der Waals surface area contributed by atoms with E-state index in [9.17, 15) is 9.59 Å². The van der Waals surface area contributed by atoms with Crippen molar-refractivity contribution in [2.45, 2.75) is 65.1 Å². The van der Waals surface area contributed by atoms with E-state index in [0.717, 1.165) is 12.0 Å². The first-order valence-electron chi connectivity index (χ1n) is 8.08. The molecule has 22 heavy (non-hydrogen) atoms. The van der Waals surface area contributed by atoms with E-state index in [2.05, 4.69) is 24.3 Å². The fraction of sp³-hybridized carbons (Fsp3) is 0.688. The molecular weight excluding hydrogens is 280 g/mol. The normalized spacial score (nSPS) is 17.9. The van der Waals surface area contributed by atoms with Crippen LogP contribution in [0.25, 0.3) is 0 Å². The Bertz CT molecular complexity index is 538. The molecule has 1 aliphatic heterocycles. The highest BCUT2D eigenvalue weighted by atomic mass is 16.2. The number of likely N-dealkylation sites (tertiary alicyclic amines) is 1. The van der Waals surface area contributed by atoms with E-state index in [-0.39, 0.29) is 23.9 Å². The lowest BCUT2D eigenvalue weighted by atomic mass is 10.1. The predicted molar refractivity (Wildman–Crippen MR) is 84.2 cm³/mol. The van der Waals surface area contributed by atoms with E-state index < -0.39 is 0 Å². The van der Waals surface area contributed by atoms with Crippen LogP contribution in [0.3, 0.4) is 0 Å². The first-order valence-corrected chi connectivity index (χ1v) is 8.08. The second-order valence-electron chi connectivity index (χ2n) is 6.19. The van der Waals surface area contributed by atoms with Crippen molar-refractivity contribution in [1.29, 1.82) is 0 Å². The maximum Gasteiger partial charge on any atom is 0.243 e. The zero-order valence-electron chi connectivity index (χ0n) is 13.9. The molecule has 1 saturated heterocycles. The molecule has 6 heteroatoms. The number of carbonyl (C=O) groups excluding carboxylic acids is 2. The number of amides is 2. The number of nitrogens with zero attached hydrogens (tertiary/aromatic N) is 3. The van der Waals surface area contributed by atoms with Gasteiger partial charge in [-0.3, -0.25) is 14.3 Å². The molecule has 0 bridgehead atoms. The van der Waals surface area contributed by atoms with Gasteiger partial charge in [-0.25, -0.2) is 0 Å². The second kappa shape index (κ2) is 6.94. The summed E-state index contributed by atoms with van der Waals surface area (Å²) in [7, 11) is 0. The van der Waals surface area contributed by atoms with Crippen LogP contribution >= 0.6 is 0 Å². The highest BCUT2D eigenvalue weighted by Gasteiger charge is 2.32. The molecule has 122 valence electrons. The van der Waals surface area contributed by atoms with E-state index in [1.54, 1.807) is 11.1 Å². The van der Waals surface area contributed by atoms with Gasteiger partial charge in [0.05, 0.1) is 12.2 Å². The van der Waals surface area contributed by atoms with Crippen LogP contribution in [0.2, 0.25) is 0 Å². The molecule has 2 amide bonds. The number of aromatic nitrogens is 2. The molecule has 1 N–H and O–H groups in total. The third-order valence-electron chi connectivity index (χ3n) is 4.18. The van der Waals surface area contributed by atoms with Gasteiger partial charge in [-0.05, 0) is 33.6 Å². The molecule has 0 saturated carbocycles. The topological polar surface area (TPSA) is 67.2 Å². The Morgan fingerprint density at radius 1 is 1.41 bits per heavy atom. The third kappa shape index (κ3) is 3.48. The smallest absolute Gasteiger partial charge is 0.243 e. The lowest BCUT2D eigenvalue weighted by molar-refractivity contribution is -0.137. The minimum Gasteiger partial charge on any atom is -0.348 e.